The second-order valence-corrected chi connectivity index (χ2v) is 9.57. The van der Waals surface area contributed by atoms with E-state index in [1.165, 1.54) is 0 Å². The quantitative estimate of drug-likeness (QED) is 0.646. The third-order valence-corrected chi connectivity index (χ3v) is 7.48. The van der Waals surface area contributed by atoms with E-state index in [0.717, 1.165) is 41.8 Å². The van der Waals surface area contributed by atoms with E-state index < -0.39 is 33.3 Å². The highest BCUT2D eigenvalue weighted by molar-refractivity contribution is 7.89. The summed E-state index contributed by atoms with van der Waals surface area (Å²) in [4.78, 5) is 26.1. The Morgan fingerprint density at radius 2 is 1.80 bits per heavy atom. The second-order valence-electron chi connectivity index (χ2n) is 7.67. The molecule has 2 aliphatic heterocycles. The number of nitrogens with zero attached hydrogens (tertiary/aromatic N) is 2. The third-order valence-electron chi connectivity index (χ3n) is 5.56. The van der Waals surface area contributed by atoms with Gasteiger partial charge in [-0.05, 0) is 51.3 Å². The van der Waals surface area contributed by atoms with E-state index >= 15 is 0 Å². The summed E-state index contributed by atoms with van der Waals surface area (Å²) in [6.45, 7) is 4.12. The summed E-state index contributed by atoms with van der Waals surface area (Å²) >= 11 is 0. The van der Waals surface area contributed by atoms with E-state index in [1.807, 2.05) is 13.8 Å². The van der Waals surface area contributed by atoms with Crippen molar-refractivity contribution in [3.63, 3.8) is 0 Å². The van der Waals surface area contributed by atoms with Crippen molar-refractivity contribution >= 4 is 21.9 Å². The highest BCUT2D eigenvalue weighted by atomic mass is 32.2. The predicted molar refractivity (Wildman–Crippen MR) is 106 cm³/mol. The molecule has 1 aromatic carbocycles. The summed E-state index contributed by atoms with van der Waals surface area (Å²) in [6.07, 6.45) is 2.83. The van der Waals surface area contributed by atoms with Crippen molar-refractivity contribution in [3.05, 3.63) is 29.6 Å². The van der Waals surface area contributed by atoms with Crippen LogP contribution in [0.5, 0.6) is 0 Å². The van der Waals surface area contributed by atoms with Crippen LogP contribution in [0.4, 0.5) is 4.39 Å². The number of carbonyl (C=O) groups is 2. The third kappa shape index (κ3) is 4.81. The highest BCUT2D eigenvalue weighted by Gasteiger charge is 2.31. The molecule has 0 bridgehead atoms. The zero-order chi connectivity index (χ0) is 21.9. The fourth-order valence-corrected chi connectivity index (χ4v) is 5.45. The van der Waals surface area contributed by atoms with Crippen LogP contribution in [-0.2, 0) is 24.3 Å². The number of hydrogen-bond donors (Lipinski definition) is 0. The van der Waals surface area contributed by atoms with Gasteiger partial charge in [0.1, 0.15) is 10.7 Å². The number of ether oxygens (including phenoxy) is 2. The summed E-state index contributed by atoms with van der Waals surface area (Å²) in [7, 11) is -4.12. The summed E-state index contributed by atoms with van der Waals surface area (Å²) < 4.78 is 51.1. The van der Waals surface area contributed by atoms with Gasteiger partial charge in [0.2, 0.25) is 10.0 Å². The molecule has 30 heavy (non-hydrogen) atoms. The largest absolute Gasteiger partial charge is 0.452 e. The molecule has 2 saturated heterocycles. The highest BCUT2D eigenvalue weighted by Crippen LogP contribution is 2.24. The average Bonchev–Trinajstić information content (AvgIpc) is 2.72. The van der Waals surface area contributed by atoms with Gasteiger partial charge in [-0.1, -0.05) is 0 Å². The molecule has 1 aromatic rings. The maximum absolute atomic E-state index is 14.3. The molecule has 0 aliphatic carbocycles. The van der Waals surface area contributed by atoms with Crippen LogP contribution in [0.3, 0.4) is 0 Å². The fourth-order valence-electron chi connectivity index (χ4n) is 3.95. The molecule has 0 saturated carbocycles. The smallest absolute Gasteiger partial charge is 0.338 e. The van der Waals surface area contributed by atoms with Gasteiger partial charge in [-0.15, -0.1) is 0 Å². The number of morpholine rings is 1. The normalized spacial score (nSPS) is 23.2. The summed E-state index contributed by atoms with van der Waals surface area (Å²) in [5, 5.41) is 0. The Morgan fingerprint density at radius 1 is 1.17 bits per heavy atom. The van der Waals surface area contributed by atoms with E-state index in [0.29, 0.717) is 0 Å². The number of esters is 1. The number of piperidine rings is 1. The van der Waals surface area contributed by atoms with Gasteiger partial charge in [0.05, 0.1) is 18.8 Å². The molecule has 2 heterocycles. The second kappa shape index (κ2) is 9.40. The lowest BCUT2D eigenvalue weighted by Crippen LogP contribution is -2.49. The van der Waals surface area contributed by atoms with E-state index in [4.69, 9.17) is 9.47 Å². The SMILES string of the molecule is C[C@@H]1CCC[C@H](C)N1C(=O)COC(=O)c1ccc(F)c(S(=O)(=O)N2CCOCC2)c1. The molecule has 166 valence electrons. The maximum Gasteiger partial charge on any atom is 0.338 e. The van der Waals surface area contributed by atoms with Crippen LogP contribution in [0.15, 0.2) is 23.1 Å². The molecule has 0 unspecified atom stereocenters. The molecule has 2 atom stereocenters. The first-order valence-electron chi connectivity index (χ1n) is 10.1. The minimum absolute atomic E-state index is 0.0658. The van der Waals surface area contributed by atoms with Crippen LogP contribution >= 0.6 is 0 Å². The van der Waals surface area contributed by atoms with Crippen LogP contribution in [0, 0.1) is 5.82 Å². The molecule has 0 N–H and O–H groups in total. The van der Waals surface area contributed by atoms with Crippen molar-refractivity contribution in [1.29, 1.82) is 0 Å². The Balaban J connectivity index is 1.71. The van der Waals surface area contributed by atoms with E-state index in [-0.39, 0.29) is 49.9 Å². The Bertz CT molecular complexity index is 891. The zero-order valence-corrected chi connectivity index (χ0v) is 18.0. The van der Waals surface area contributed by atoms with E-state index in [1.54, 1.807) is 4.90 Å². The molecule has 10 heteroatoms. The monoisotopic (exact) mass is 442 g/mol. The maximum atomic E-state index is 14.3. The summed E-state index contributed by atoms with van der Waals surface area (Å²) in [6, 6.07) is 3.15. The van der Waals surface area contributed by atoms with Crippen LogP contribution in [0.1, 0.15) is 43.5 Å². The first-order chi connectivity index (χ1) is 14.2. The lowest BCUT2D eigenvalue weighted by Gasteiger charge is -2.38. The van der Waals surface area contributed by atoms with Crippen LogP contribution in [0.25, 0.3) is 0 Å². The number of hydrogen-bond acceptors (Lipinski definition) is 6. The number of rotatable bonds is 5. The molecule has 0 radical (unpaired) electrons. The standard InChI is InChI=1S/C20H27FN2O6S/c1-14-4-3-5-15(2)23(14)19(24)13-29-20(25)16-6-7-17(21)18(12-16)30(26,27)22-8-10-28-11-9-22/h6-7,12,14-15H,3-5,8-11,13H2,1-2H3/t14-,15+. The lowest BCUT2D eigenvalue weighted by molar-refractivity contribution is -0.140. The topological polar surface area (TPSA) is 93.2 Å². The van der Waals surface area contributed by atoms with Crippen molar-refractivity contribution in [2.45, 2.75) is 50.1 Å². The van der Waals surface area contributed by atoms with E-state index in [2.05, 4.69) is 0 Å². The van der Waals surface area contributed by atoms with Gasteiger partial charge in [0.25, 0.3) is 5.91 Å². The average molecular weight is 443 g/mol. The van der Waals surface area contributed by atoms with E-state index in [9.17, 15) is 22.4 Å². The zero-order valence-electron chi connectivity index (χ0n) is 17.2. The molecule has 0 aromatic heterocycles. The Hall–Kier alpha value is -2.04. The summed E-state index contributed by atoms with van der Waals surface area (Å²) in [5.41, 5.74) is -0.129. The number of likely N-dealkylation sites (tertiary alicyclic amines) is 1. The van der Waals surface area contributed by atoms with Crippen molar-refractivity contribution in [2.75, 3.05) is 32.9 Å². The van der Waals surface area contributed by atoms with Gasteiger partial charge < -0.3 is 14.4 Å². The van der Waals surface area contributed by atoms with Crippen LogP contribution < -0.4 is 0 Å². The molecule has 3 rings (SSSR count). The molecule has 2 fully saturated rings. The van der Waals surface area contributed by atoms with Gasteiger partial charge in [-0.25, -0.2) is 17.6 Å². The van der Waals surface area contributed by atoms with Crippen molar-refractivity contribution in [1.82, 2.24) is 9.21 Å². The number of benzene rings is 1. The molecule has 2 aliphatic rings. The Kier molecular flexibility index (Phi) is 7.10. The molecule has 0 spiro atoms. The fraction of sp³-hybridized carbons (Fsp3) is 0.600. The minimum Gasteiger partial charge on any atom is -0.452 e. The van der Waals surface area contributed by atoms with Gasteiger partial charge >= 0.3 is 5.97 Å². The molecular formula is C20H27FN2O6S. The molecular weight excluding hydrogens is 415 g/mol. The predicted octanol–water partition coefficient (Wildman–Crippen LogP) is 1.79. The molecule has 8 nitrogen and oxygen atoms in total. The van der Waals surface area contributed by atoms with Crippen molar-refractivity contribution in [2.24, 2.45) is 0 Å². The van der Waals surface area contributed by atoms with Crippen LogP contribution in [-0.4, -0.2) is 74.5 Å². The number of sulfonamides is 1. The number of halogens is 1. The Labute approximate surface area is 176 Å². The summed E-state index contributed by atoms with van der Waals surface area (Å²) in [5.74, 6) is -2.13. The first-order valence-corrected chi connectivity index (χ1v) is 11.5. The Morgan fingerprint density at radius 3 is 2.43 bits per heavy atom. The number of amides is 1. The van der Waals surface area contributed by atoms with Crippen molar-refractivity contribution in [3.8, 4) is 0 Å². The van der Waals surface area contributed by atoms with Crippen LogP contribution in [0.2, 0.25) is 0 Å². The number of carbonyl (C=O) groups excluding carboxylic acids is 2. The molecule has 1 amide bonds. The van der Waals surface area contributed by atoms with Gasteiger partial charge in [-0.3, -0.25) is 4.79 Å². The van der Waals surface area contributed by atoms with Gasteiger partial charge in [0, 0.05) is 25.2 Å². The van der Waals surface area contributed by atoms with Gasteiger partial charge in [-0.2, -0.15) is 4.31 Å². The lowest BCUT2D eigenvalue weighted by atomic mass is 9.97. The minimum atomic E-state index is -4.12. The van der Waals surface area contributed by atoms with Crippen molar-refractivity contribution < 1.29 is 31.9 Å². The first kappa shape index (κ1) is 22.6. The van der Waals surface area contributed by atoms with Gasteiger partial charge in [0.15, 0.2) is 6.61 Å².